The molecule has 0 aliphatic carbocycles. The molecule has 0 saturated heterocycles. The molecule has 0 aliphatic rings. The van der Waals surface area contributed by atoms with Gasteiger partial charge in [0.1, 0.15) is 18.1 Å². The van der Waals surface area contributed by atoms with Crippen LogP contribution in [-0.2, 0) is 9.47 Å². The lowest BCUT2D eigenvalue weighted by molar-refractivity contribution is 0.0388. The fourth-order valence-corrected chi connectivity index (χ4v) is 2.36. The van der Waals surface area contributed by atoms with Crippen molar-refractivity contribution in [3.8, 4) is 11.5 Å². The number of hydrogen-bond donors (Lipinski definition) is 0. The van der Waals surface area contributed by atoms with E-state index in [1.54, 1.807) is 48.5 Å². The Labute approximate surface area is 165 Å². The van der Waals surface area contributed by atoms with E-state index in [0.717, 1.165) is 25.0 Å². The first-order chi connectivity index (χ1) is 13.6. The highest BCUT2D eigenvalue weighted by molar-refractivity contribution is 5.92. The van der Waals surface area contributed by atoms with Crippen molar-refractivity contribution >= 4 is 11.9 Å². The van der Waals surface area contributed by atoms with Crippen LogP contribution in [0.15, 0.2) is 48.5 Å². The summed E-state index contributed by atoms with van der Waals surface area (Å²) in [4.78, 5) is 24.1. The van der Waals surface area contributed by atoms with Gasteiger partial charge in [-0.05, 0) is 55.0 Å². The zero-order valence-electron chi connectivity index (χ0n) is 16.3. The van der Waals surface area contributed by atoms with E-state index in [4.69, 9.17) is 18.9 Å². The maximum atomic E-state index is 12.2. The van der Waals surface area contributed by atoms with Crippen LogP contribution < -0.4 is 9.47 Å². The SMILES string of the molecule is CCCCCOc1ccc(C(=O)Oc2ccc(C(=O)OCCOC)cc2)cc1. The molecule has 0 aliphatic heterocycles. The lowest BCUT2D eigenvalue weighted by atomic mass is 10.2. The van der Waals surface area contributed by atoms with E-state index in [9.17, 15) is 9.59 Å². The van der Waals surface area contributed by atoms with E-state index in [1.165, 1.54) is 7.11 Å². The molecule has 0 heterocycles. The molecule has 2 rings (SSSR count). The minimum Gasteiger partial charge on any atom is -0.494 e. The summed E-state index contributed by atoms with van der Waals surface area (Å²) in [5.41, 5.74) is 0.796. The minimum atomic E-state index is -0.479. The van der Waals surface area contributed by atoms with Crippen LogP contribution in [0.2, 0.25) is 0 Å². The summed E-state index contributed by atoms with van der Waals surface area (Å²) in [6.07, 6.45) is 3.29. The van der Waals surface area contributed by atoms with E-state index in [0.29, 0.717) is 30.1 Å². The first-order valence-electron chi connectivity index (χ1n) is 9.35. The van der Waals surface area contributed by atoms with Gasteiger partial charge in [0, 0.05) is 7.11 Å². The Kier molecular flexibility index (Phi) is 9.01. The van der Waals surface area contributed by atoms with Crippen molar-refractivity contribution in [2.75, 3.05) is 26.9 Å². The number of carbonyl (C=O) groups excluding carboxylic acids is 2. The molecular formula is C22H26O6. The molecular weight excluding hydrogens is 360 g/mol. The highest BCUT2D eigenvalue weighted by Crippen LogP contribution is 2.17. The van der Waals surface area contributed by atoms with Crippen molar-refractivity contribution < 1.29 is 28.5 Å². The average Bonchev–Trinajstić information content (AvgIpc) is 2.72. The lowest BCUT2D eigenvalue weighted by Gasteiger charge is -2.08. The molecule has 0 spiro atoms. The lowest BCUT2D eigenvalue weighted by Crippen LogP contribution is -2.11. The largest absolute Gasteiger partial charge is 0.494 e. The molecule has 0 aromatic heterocycles. The number of hydrogen-bond acceptors (Lipinski definition) is 6. The van der Waals surface area contributed by atoms with E-state index in [1.807, 2.05) is 0 Å². The Hall–Kier alpha value is -2.86. The normalized spacial score (nSPS) is 10.4. The highest BCUT2D eigenvalue weighted by Gasteiger charge is 2.11. The molecule has 6 nitrogen and oxygen atoms in total. The minimum absolute atomic E-state index is 0.185. The molecule has 0 atom stereocenters. The molecule has 2 aromatic rings. The van der Waals surface area contributed by atoms with Crippen LogP contribution >= 0.6 is 0 Å². The second-order valence-corrected chi connectivity index (χ2v) is 6.12. The summed E-state index contributed by atoms with van der Waals surface area (Å²) in [7, 11) is 1.53. The molecule has 0 amide bonds. The van der Waals surface area contributed by atoms with Crippen LogP contribution in [0, 0.1) is 0 Å². The van der Waals surface area contributed by atoms with Crippen molar-refractivity contribution in [1.29, 1.82) is 0 Å². The predicted molar refractivity (Wildman–Crippen MR) is 105 cm³/mol. The van der Waals surface area contributed by atoms with Crippen molar-refractivity contribution in [2.45, 2.75) is 26.2 Å². The summed E-state index contributed by atoms with van der Waals surface area (Å²) in [6, 6.07) is 13.0. The Bertz CT molecular complexity index is 737. The molecule has 0 bridgehead atoms. The summed E-state index contributed by atoms with van der Waals surface area (Å²) in [5.74, 6) is 0.139. The Balaban J connectivity index is 1.85. The summed E-state index contributed by atoms with van der Waals surface area (Å²) in [6.45, 7) is 3.33. The maximum Gasteiger partial charge on any atom is 0.343 e. The Morgan fingerprint density at radius 3 is 1.96 bits per heavy atom. The van der Waals surface area contributed by atoms with Crippen LogP contribution in [-0.4, -0.2) is 38.9 Å². The summed E-state index contributed by atoms with van der Waals surface area (Å²) in [5, 5.41) is 0. The second-order valence-electron chi connectivity index (χ2n) is 6.12. The number of ether oxygens (including phenoxy) is 4. The molecule has 28 heavy (non-hydrogen) atoms. The standard InChI is InChI=1S/C22H26O6/c1-3-4-5-14-26-19-10-6-18(7-11-19)22(24)28-20-12-8-17(9-13-20)21(23)27-16-15-25-2/h6-13H,3-5,14-16H2,1-2H3. The smallest absolute Gasteiger partial charge is 0.343 e. The van der Waals surface area contributed by atoms with Gasteiger partial charge in [-0.1, -0.05) is 19.8 Å². The zero-order valence-corrected chi connectivity index (χ0v) is 16.3. The van der Waals surface area contributed by atoms with Crippen LogP contribution in [0.1, 0.15) is 46.9 Å². The second kappa shape index (κ2) is 11.8. The molecule has 0 fully saturated rings. The molecule has 0 radical (unpaired) electrons. The van der Waals surface area contributed by atoms with Gasteiger partial charge in [-0.25, -0.2) is 9.59 Å². The molecule has 2 aromatic carbocycles. The molecule has 0 N–H and O–H groups in total. The third-order valence-electron chi connectivity index (χ3n) is 3.93. The van der Waals surface area contributed by atoms with Gasteiger partial charge in [0.2, 0.25) is 0 Å². The zero-order chi connectivity index (χ0) is 20.2. The van der Waals surface area contributed by atoms with Crippen LogP contribution in [0.5, 0.6) is 11.5 Å². The van der Waals surface area contributed by atoms with Crippen LogP contribution in [0.3, 0.4) is 0 Å². The van der Waals surface area contributed by atoms with Crippen LogP contribution in [0.25, 0.3) is 0 Å². The highest BCUT2D eigenvalue weighted by atomic mass is 16.6. The number of carbonyl (C=O) groups is 2. The van der Waals surface area contributed by atoms with Gasteiger partial charge in [-0.3, -0.25) is 0 Å². The van der Waals surface area contributed by atoms with Crippen molar-refractivity contribution in [3.05, 3.63) is 59.7 Å². The maximum absolute atomic E-state index is 12.2. The monoisotopic (exact) mass is 386 g/mol. The third kappa shape index (κ3) is 7.04. The fraction of sp³-hybridized carbons (Fsp3) is 0.364. The number of methoxy groups -OCH3 is 1. The molecule has 0 saturated carbocycles. The Morgan fingerprint density at radius 1 is 0.750 bits per heavy atom. The van der Waals surface area contributed by atoms with Gasteiger partial charge < -0.3 is 18.9 Å². The van der Waals surface area contributed by atoms with E-state index in [-0.39, 0.29) is 6.61 Å². The first kappa shape index (κ1) is 21.4. The summed E-state index contributed by atoms with van der Waals surface area (Å²) >= 11 is 0. The topological polar surface area (TPSA) is 71.1 Å². The fourth-order valence-electron chi connectivity index (χ4n) is 2.36. The molecule has 6 heteroatoms. The Morgan fingerprint density at radius 2 is 1.36 bits per heavy atom. The van der Waals surface area contributed by atoms with Crippen molar-refractivity contribution in [2.24, 2.45) is 0 Å². The van der Waals surface area contributed by atoms with Gasteiger partial charge >= 0.3 is 11.9 Å². The third-order valence-corrected chi connectivity index (χ3v) is 3.93. The average molecular weight is 386 g/mol. The van der Waals surface area contributed by atoms with E-state index < -0.39 is 11.9 Å². The van der Waals surface area contributed by atoms with Crippen molar-refractivity contribution in [1.82, 2.24) is 0 Å². The van der Waals surface area contributed by atoms with E-state index >= 15 is 0 Å². The number of rotatable bonds is 11. The quantitative estimate of drug-likeness (QED) is 0.326. The van der Waals surface area contributed by atoms with Gasteiger partial charge in [-0.2, -0.15) is 0 Å². The number of unbranched alkanes of at least 4 members (excludes halogenated alkanes) is 2. The molecule has 150 valence electrons. The van der Waals surface area contributed by atoms with Gasteiger partial charge in [0.15, 0.2) is 0 Å². The summed E-state index contributed by atoms with van der Waals surface area (Å²) < 4.78 is 20.8. The predicted octanol–water partition coefficient (Wildman–Crippen LogP) is 4.28. The van der Waals surface area contributed by atoms with Gasteiger partial charge in [-0.15, -0.1) is 0 Å². The van der Waals surface area contributed by atoms with E-state index in [2.05, 4.69) is 6.92 Å². The number of benzene rings is 2. The first-order valence-corrected chi connectivity index (χ1v) is 9.35. The van der Waals surface area contributed by atoms with Crippen molar-refractivity contribution in [3.63, 3.8) is 0 Å². The molecule has 0 unspecified atom stereocenters. The van der Waals surface area contributed by atoms with Crippen LogP contribution in [0.4, 0.5) is 0 Å². The van der Waals surface area contributed by atoms with Gasteiger partial charge in [0.05, 0.1) is 24.3 Å². The number of esters is 2. The van der Waals surface area contributed by atoms with Gasteiger partial charge in [0.25, 0.3) is 0 Å².